The molecular formula is C23H19NO2. The topological polar surface area (TPSA) is 35.3 Å². The molecule has 0 unspecified atom stereocenters. The predicted octanol–water partition coefficient (Wildman–Crippen LogP) is 5.61. The molecule has 1 heterocycles. The number of aromatic nitrogens is 1. The van der Waals surface area contributed by atoms with E-state index in [1.54, 1.807) is 7.11 Å². The highest BCUT2D eigenvalue weighted by Gasteiger charge is 2.19. The van der Waals surface area contributed by atoms with E-state index in [-0.39, 0.29) is 0 Å². The summed E-state index contributed by atoms with van der Waals surface area (Å²) in [7, 11) is 1.68. The third-order valence-corrected chi connectivity index (χ3v) is 4.41. The van der Waals surface area contributed by atoms with Gasteiger partial charge in [0.25, 0.3) is 0 Å². The lowest BCUT2D eigenvalue weighted by molar-refractivity contribution is 0.414. The van der Waals surface area contributed by atoms with Crippen LogP contribution in [0.15, 0.2) is 89.5 Å². The second kappa shape index (κ2) is 7.28. The van der Waals surface area contributed by atoms with Gasteiger partial charge in [-0.2, -0.15) is 0 Å². The maximum Gasteiger partial charge on any atom is 0.171 e. The molecule has 0 amide bonds. The molecule has 0 aliphatic carbocycles. The van der Waals surface area contributed by atoms with E-state index in [1.807, 2.05) is 60.7 Å². The maximum absolute atomic E-state index is 5.78. The van der Waals surface area contributed by atoms with Gasteiger partial charge in [0, 0.05) is 23.1 Å². The van der Waals surface area contributed by atoms with Crippen molar-refractivity contribution in [2.75, 3.05) is 7.11 Å². The lowest BCUT2D eigenvalue weighted by atomic mass is 9.96. The summed E-state index contributed by atoms with van der Waals surface area (Å²) in [4.78, 5) is 0. The molecule has 0 saturated heterocycles. The Kier molecular flexibility index (Phi) is 4.52. The first-order valence-corrected chi connectivity index (χ1v) is 8.57. The van der Waals surface area contributed by atoms with Gasteiger partial charge in [0.15, 0.2) is 5.76 Å². The van der Waals surface area contributed by atoms with Crippen molar-refractivity contribution in [2.24, 2.45) is 0 Å². The standard InChI is InChI=1S/C23H19NO2/c1-25-20-14-12-17(13-15-20)16-21-22(18-8-4-2-5-9-18)24-26-23(21)19-10-6-3-7-11-19/h2-15H,16H2,1H3. The van der Waals surface area contributed by atoms with Crippen LogP contribution in [0.4, 0.5) is 0 Å². The van der Waals surface area contributed by atoms with Crippen molar-refractivity contribution < 1.29 is 9.26 Å². The minimum Gasteiger partial charge on any atom is -0.497 e. The summed E-state index contributed by atoms with van der Waals surface area (Å²) in [5.74, 6) is 1.67. The minimum atomic E-state index is 0.738. The second-order valence-corrected chi connectivity index (χ2v) is 6.10. The molecule has 0 aliphatic heterocycles. The molecule has 4 aromatic rings. The van der Waals surface area contributed by atoms with Crippen LogP contribution in [-0.4, -0.2) is 12.3 Å². The van der Waals surface area contributed by atoms with Crippen molar-refractivity contribution in [2.45, 2.75) is 6.42 Å². The highest BCUT2D eigenvalue weighted by Crippen LogP contribution is 2.34. The predicted molar refractivity (Wildman–Crippen MR) is 103 cm³/mol. The Balaban J connectivity index is 1.79. The summed E-state index contributed by atoms with van der Waals surface area (Å²) >= 11 is 0. The molecule has 0 bridgehead atoms. The van der Waals surface area contributed by atoms with Crippen LogP contribution >= 0.6 is 0 Å². The van der Waals surface area contributed by atoms with Gasteiger partial charge < -0.3 is 9.26 Å². The molecule has 0 saturated carbocycles. The van der Waals surface area contributed by atoms with Gasteiger partial charge in [-0.15, -0.1) is 0 Å². The van der Waals surface area contributed by atoms with Crippen molar-refractivity contribution in [3.63, 3.8) is 0 Å². The summed E-state index contributed by atoms with van der Waals surface area (Å²) in [6.45, 7) is 0. The number of methoxy groups -OCH3 is 1. The second-order valence-electron chi connectivity index (χ2n) is 6.10. The van der Waals surface area contributed by atoms with Crippen LogP contribution in [0.1, 0.15) is 11.1 Å². The quantitative estimate of drug-likeness (QED) is 0.473. The number of nitrogens with zero attached hydrogens (tertiary/aromatic N) is 1. The summed E-state index contributed by atoms with van der Waals surface area (Å²) < 4.78 is 11.0. The Morgan fingerprint density at radius 1 is 0.769 bits per heavy atom. The summed E-state index contributed by atoms with van der Waals surface area (Å²) in [6, 6.07) is 28.4. The molecule has 4 rings (SSSR count). The molecule has 3 nitrogen and oxygen atoms in total. The highest BCUT2D eigenvalue weighted by atomic mass is 16.5. The monoisotopic (exact) mass is 341 g/mol. The van der Waals surface area contributed by atoms with E-state index in [2.05, 4.69) is 29.4 Å². The van der Waals surface area contributed by atoms with Gasteiger partial charge >= 0.3 is 0 Å². The normalized spacial score (nSPS) is 10.7. The van der Waals surface area contributed by atoms with Crippen molar-refractivity contribution in [1.29, 1.82) is 0 Å². The molecule has 26 heavy (non-hydrogen) atoms. The molecular weight excluding hydrogens is 322 g/mol. The van der Waals surface area contributed by atoms with Crippen molar-refractivity contribution in [1.82, 2.24) is 5.16 Å². The van der Waals surface area contributed by atoms with Crippen molar-refractivity contribution in [3.8, 4) is 28.3 Å². The first-order chi connectivity index (χ1) is 12.8. The minimum absolute atomic E-state index is 0.738. The summed E-state index contributed by atoms with van der Waals surface area (Å²) in [5.41, 5.74) is 5.25. The molecule has 3 heteroatoms. The smallest absolute Gasteiger partial charge is 0.171 e. The number of hydrogen-bond acceptors (Lipinski definition) is 3. The number of ether oxygens (including phenoxy) is 1. The molecule has 0 radical (unpaired) electrons. The van der Waals surface area contributed by atoms with Crippen LogP contribution in [0.3, 0.4) is 0 Å². The molecule has 0 spiro atoms. The van der Waals surface area contributed by atoms with Gasteiger partial charge in [-0.1, -0.05) is 78.0 Å². The first kappa shape index (κ1) is 16.2. The summed E-state index contributed by atoms with van der Waals surface area (Å²) in [5, 5.41) is 4.39. The van der Waals surface area contributed by atoms with Gasteiger partial charge in [-0.25, -0.2) is 0 Å². The van der Waals surface area contributed by atoms with Crippen LogP contribution in [0.25, 0.3) is 22.6 Å². The van der Waals surface area contributed by atoms with E-state index in [4.69, 9.17) is 9.26 Å². The largest absolute Gasteiger partial charge is 0.497 e. The molecule has 3 aromatic carbocycles. The van der Waals surface area contributed by atoms with Crippen molar-refractivity contribution >= 4 is 0 Å². The van der Waals surface area contributed by atoms with E-state index in [1.165, 1.54) is 5.56 Å². The Morgan fingerprint density at radius 3 is 2.00 bits per heavy atom. The number of rotatable bonds is 5. The zero-order chi connectivity index (χ0) is 17.8. The average molecular weight is 341 g/mol. The lowest BCUT2D eigenvalue weighted by Gasteiger charge is -2.06. The van der Waals surface area contributed by atoms with E-state index >= 15 is 0 Å². The lowest BCUT2D eigenvalue weighted by Crippen LogP contribution is -1.93. The van der Waals surface area contributed by atoms with Crippen LogP contribution < -0.4 is 4.74 Å². The van der Waals surface area contributed by atoms with Gasteiger partial charge in [0.1, 0.15) is 11.4 Å². The van der Waals surface area contributed by atoms with Gasteiger partial charge in [-0.05, 0) is 17.7 Å². The van der Waals surface area contributed by atoms with Gasteiger partial charge in [0.2, 0.25) is 0 Å². The zero-order valence-electron chi connectivity index (χ0n) is 14.6. The Morgan fingerprint density at radius 2 is 1.38 bits per heavy atom. The summed E-state index contributed by atoms with van der Waals surface area (Å²) in [6.07, 6.45) is 0.738. The molecule has 0 N–H and O–H groups in total. The fourth-order valence-corrected chi connectivity index (χ4v) is 3.06. The van der Waals surface area contributed by atoms with E-state index in [0.717, 1.165) is 40.3 Å². The molecule has 1 aromatic heterocycles. The molecule has 0 atom stereocenters. The number of benzene rings is 3. The van der Waals surface area contributed by atoms with Crippen LogP contribution in [0, 0.1) is 0 Å². The van der Waals surface area contributed by atoms with Crippen LogP contribution in [-0.2, 0) is 6.42 Å². The van der Waals surface area contributed by atoms with E-state index in [0.29, 0.717) is 0 Å². The average Bonchev–Trinajstić information content (AvgIpc) is 3.13. The van der Waals surface area contributed by atoms with E-state index < -0.39 is 0 Å². The number of hydrogen-bond donors (Lipinski definition) is 0. The molecule has 0 aliphatic rings. The first-order valence-electron chi connectivity index (χ1n) is 8.57. The van der Waals surface area contributed by atoms with Crippen LogP contribution in [0.2, 0.25) is 0 Å². The Hall–Kier alpha value is -3.33. The Bertz CT molecular complexity index is 917. The SMILES string of the molecule is COc1ccc(Cc2c(-c3ccccc3)noc2-c2ccccc2)cc1. The van der Waals surface area contributed by atoms with Crippen LogP contribution in [0.5, 0.6) is 5.75 Å². The maximum atomic E-state index is 5.78. The highest BCUT2D eigenvalue weighted by molar-refractivity contribution is 5.73. The van der Waals surface area contributed by atoms with Gasteiger partial charge in [0.05, 0.1) is 7.11 Å². The fraction of sp³-hybridized carbons (Fsp3) is 0.0870. The van der Waals surface area contributed by atoms with Crippen molar-refractivity contribution in [3.05, 3.63) is 96.1 Å². The zero-order valence-corrected chi connectivity index (χ0v) is 14.6. The third-order valence-electron chi connectivity index (χ3n) is 4.41. The van der Waals surface area contributed by atoms with E-state index in [9.17, 15) is 0 Å². The molecule has 128 valence electrons. The Labute approximate surface area is 152 Å². The third kappa shape index (κ3) is 3.24. The fourth-order valence-electron chi connectivity index (χ4n) is 3.06. The molecule has 0 fully saturated rings. The van der Waals surface area contributed by atoms with Gasteiger partial charge in [-0.3, -0.25) is 0 Å².